The lowest BCUT2D eigenvalue weighted by Crippen LogP contribution is -3.00. The Bertz CT molecular complexity index is 635. The summed E-state index contributed by atoms with van der Waals surface area (Å²) in [6.45, 7) is 2.88. The lowest BCUT2D eigenvalue weighted by molar-refractivity contribution is -0.700. The van der Waals surface area contributed by atoms with E-state index in [0.29, 0.717) is 0 Å². The molecule has 2 aromatic carbocycles. The Hall–Kier alpha value is -1.39. The van der Waals surface area contributed by atoms with E-state index in [1.807, 2.05) is 55.5 Å². The first-order chi connectivity index (χ1) is 11.2. The van der Waals surface area contributed by atoms with Crippen LogP contribution in [0.2, 0.25) is 0 Å². The highest BCUT2D eigenvalue weighted by Gasteiger charge is 2.30. The van der Waals surface area contributed by atoms with E-state index in [1.165, 1.54) is 5.56 Å². The third-order valence-electron chi connectivity index (χ3n) is 5.05. The van der Waals surface area contributed by atoms with E-state index in [2.05, 4.69) is 11.4 Å². The summed E-state index contributed by atoms with van der Waals surface area (Å²) in [5, 5.41) is 23.2. The molecule has 24 heavy (non-hydrogen) atoms. The number of hydrogen-bond donors (Lipinski definition) is 3. The highest BCUT2D eigenvalue weighted by Crippen LogP contribution is 2.33. The summed E-state index contributed by atoms with van der Waals surface area (Å²) in [4.78, 5) is 0. The van der Waals surface area contributed by atoms with Crippen molar-refractivity contribution in [1.82, 2.24) is 0 Å². The van der Waals surface area contributed by atoms with Crippen LogP contribution in [-0.2, 0) is 6.42 Å². The van der Waals surface area contributed by atoms with Gasteiger partial charge in [0.15, 0.2) is 0 Å². The number of benzene rings is 2. The molecule has 0 spiro atoms. The number of nitrogens with two attached hydrogens (primary N) is 1. The molecule has 0 aliphatic heterocycles. The van der Waals surface area contributed by atoms with Gasteiger partial charge in [-0.05, 0) is 36.5 Å². The molecule has 4 unspecified atom stereocenters. The lowest BCUT2D eigenvalue weighted by Gasteiger charge is -2.30. The van der Waals surface area contributed by atoms with E-state index in [-0.39, 0.29) is 24.4 Å². The summed E-state index contributed by atoms with van der Waals surface area (Å²) in [7, 11) is 0. The minimum atomic E-state index is -0.482. The Kier molecular flexibility index (Phi) is 6.81. The van der Waals surface area contributed by atoms with Gasteiger partial charge >= 0.3 is 0 Å². The maximum atomic E-state index is 10.6. The zero-order valence-electron chi connectivity index (χ0n) is 14.0. The van der Waals surface area contributed by atoms with Gasteiger partial charge in [-0.1, -0.05) is 54.6 Å². The Morgan fingerprint density at radius 3 is 2.50 bits per heavy atom. The Morgan fingerprint density at radius 1 is 1.08 bits per heavy atom. The van der Waals surface area contributed by atoms with E-state index in [9.17, 15) is 10.2 Å². The number of fused-ring (bicyclic) bond motifs is 1. The number of aliphatic hydroxyl groups excluding tert-OH is 2. The second-order valence-electron chi connectivity index (χ2n) is 6.63. The van der Waals surface area contributed by atoms with E-state index in [0.717, 1.165) is 30.5 Å². The molecule has 1 aliphatic carbocycles. The van der Waals surface area contributed by atoms with Crippen molar-refractivity contribution in [3.8, 4) is 0 Å². The summed E-state index contributed by atoms with van der Waals surface area (Å²) in [6, 6.07) is 18.0. The van der Waals surface area contributed by atoms with Gasteiger partial charge in [0.1, 0.15) is 12.1 Å². The minimum absolute atomic E-state index is 0. The second kappa shape index (κ2) is 8.63. The van der Waals surface area contributed by atoms with Crippen LogP contribution in [0, 0.1) is 5.92 Å². The summed E-state index contributed by atoms with van der Waals surface area (Å²) in [6.07, 6.45) is 1.16. The quantitative estimate of drug-likeness (QED) is 0.648. The van der Waals surface area contributed by atoms with Crippen molar-refractivity contribution in [3.63, 3.8) is 0 Å². The number of aliphatic hydroxyl groups is 2. The van der Waals surface area contributed by atoms with Gasteiger partial charge in [0, 0.05) is 5.92 Å². The van der Waals surface area contributed by atoms with Crippen molar-refractivity contribution in [2.75, 3.05) is 6.54 Å². The molecule has 0 heterocycles. The number of hydrogen-bond acceptors (Lipinski definition) is 2. The van der Waals surface area contributed by atoms with Crippen LogP contribution in [0.3, 0.4) is 0 Å². The van der Waals surface area contributed by atoms with Gasteiger partial charge in [0.05, 0.1) is 12.6 Å². The molecule has 1 aliphatic rings. The first kappa shape index (κ1) is 18.9. The van der Waals surface area contributed by atoms with Gasteiger partial charge in [-0.15, -0.1) is 0 Å². The molecule has 0 fully saturated rings. The largest absolute Gasteiger partial charge is 1.00 e. The fourth-order valence-electron chi connectivity index (χ4n) is 3.52. The maximum absolute atomic E-state index is 10.6. The van der Waals surface area contributed by atoms with Crippen molar-refractivity contribution in [3.05, 3.63) is 71.3 Å². The minimum Gasteiger partial charge on any atom is -1.00 e. The fourth-order valence-corrected chi connectivity index (χ4v) is 3.52. The third kappa shape index (κ3) is 4.17. The topological polar surface area (TPSA) is 57.1 Å². The van der Waals surface area contributed by atoms with E-state index in [1.54, 1.807) is 0 Å². The maximum Gasteiger partial charge on any atom is 0.130 e. The molecule has 4 N–H and O–H groups in total. The Labute approximate surface area is 150 Å². The predicted molar refractivity (Wildman–Crippen MR) is 90.9 cm³/mol. The number of halogens is 1. The summed E-state index contributed by atoms with van der Waals surface area (Å²) >= 11 is 0. The van der Waals surface area contributed by atoms with Crippen LogP contribution in [0.1, 0.15) is 42.2 Å². The van der Waals surface area contributed by atoms with Gasteiger partial charge in [0.2, 0.25) is 0 Å². The van der Waals surface area contributed by atoms with E-state index >= 15 is 0 Å². The van der Waals surface area contributed by atoms with E-state index in [4.69, 9.17) is 0 Å². The highest BCUT2D eigenvalue weighted by atomic mass is 35.5. The number of quaternary nitrogens is 1. The molecule has 4 atom stereocenters. The number of rotatable bonds is 5. The van der Waals surface area contributed by atoms with Crippen LogP contribution in [-0.4, -0.2) is 22.8 Å². The van der Waals surface area contributed by atoms with Crippen LogP contribution in [0.25, 0.3) is 0 Å². The van der Waals surface area contributed by atoms with Gasteiger partial charge < -0.3 is 27.9 Å². The molecule has 3 rings (SSSR count). The third-order valence-corrected chi connectivity index (χ3v) is 5.05. The zero-order chi connectivity index (χ0) is 16.2. The first-order valence-electron chi connectivity index (χ1n) is 8.49. The van der Waals surface area contributed by atoms with Gasteiger partial charge in [-0.2, -0.15) is 0 Å². The van der Waals surface area contributed by atoms with Gasteiger partial charge in [0.25, 0.3) is 0 Å². The predicted octanol–water partition coefficient (Wildman–Crippen LogP) is -1.03. The summed E-state index contributed by atoms with van der Waals surface area (Å²) in [5.74, 6) is 0.246. The Balaban J connectivity index is 0.00000208. The molecule has 4 heteroatoms. The SMILES string of the molecule is CC([NH2+]CC1CCc2ccccc2C1O)C(O)c1ccccc1.[Cl-]. The monoisotopic (exact) mass is 347 g/mol. The molecule has 0 amide bonds. The van der Waals surface area contributed by atoms with Gasteiger partial charge in [-0.3, -0.25) is 0 Å². The molecule has 0 saturated heterocycles. The molecular formula is C20H26ClNO2. The summed E-state index contributed by atoms with van der Waals surface area (Å²) < 4.78 is 0. The van der Waals surface area contributed by atoms with Crippen LogP contribution in [0.4, 0.5) is 0 Å². The average molecular weight is 348 g/mol. The molecule has 0 saturated carbocycles. The molecule has 3 nitrogen and oxygen atoms in total. The molecule has 0 radical (unpaired) electrons. The number of aryl methyl sites for hydroxylation is 1. The lowest BCUT2D eigenvalue weighted by atomic mass is 9.81. The second-order valence-corrected chi connectivity index (χ2v) is 6.63. The van der Waals surface area contributed by atoms with Crippen molar-refractivity contribution in [1.29, 1.82) is 0 Å². The van der Waals surface area contributed by atoms with Crippen molar-refractivity contribution < 1.29 is 27.9 Å². The average Bonchev–Trinajstić information content (AvgIpc) is 2.61. The first-order valence-corrected chi connectivity index (χ1v) is 8.49. The molecular weight excluding hydrogens is 322 g/mol. The molecule has 2 aromatic rings. The zero-order valence-corrected chi connectivity index (χ0v) is 14.7. The van der Waals surface area contributed by atoms with Crippen molar-refractivity contribution in [2.24, 2.45) is 5.92 Å². The Morgan fingerprint density at radius 2 is 1.75 bits per heavy atom. The van der Waals surface area contributed by atoms with E-state index < -0.39 is 12.2 Å². The standard InChI is InChI=1S/C20H25NO2.ClH/c1-14(19(22)16-8-3-2-4-9-16)21-13-17-12-11-15-7-5-6-10-18(15)20(17)23;/h2-10,14,17,19-23H,11-13H2,1H3;1H. The van der Waals surface area contributed by atoms with Gasteiger partial charge in [-0.25, -0.2) is 0 Å². The van der Waals surface area contributed by atoms with Crippen molar-refractivity contribution >= 4 is 0 Å². The van der Waals surface area contributed by atoms with Crippen molar-refractivity contribution in [2.45, 2.75) is 38.0 Å². The molecule has 130 valence electrons. The summed E-state index contributed by atoms with van der Waals surface area (Å²) in [5.41, 5.74) is 3.30. The highest BCUT2D eigenvalue weighted by molar-refractivity contribution is 5.31. The fraction of sp³-hybridized carbons (Fsp3) is 0.400. The normalized spacial score (nSPS) is 22.1. The van der Waals surface area contributed by atoms with Crippen LogP contribution in [0.5, 0.6) is 0 Å². The molecule has 0 aromatic heterocycles. The van der Waals surface area contributed by atoms with Crippen LogP contribution in [0.15, 0.2) is 54.6 Å². The van der Waals surface area contributed by atoms with Crippen LogP contribution >= 0.6 is 0 Å². The van der Waals surface area contributed by atoms with Crippen LogP contribution < -0.4 is 17.7 Å². The molecule has 0 bridgehead atoms. The smallest absolute Gasteiger partial charge is 0.130 e.